The van der Waals surface area contributed by atoms with Crippen LogP contribution in [0.15, 0.2) is 30.3 Å². The molecule has 0 unspecified atom stereocenters. The summed E-state index contributed by atoms with van der Waals surface area (Å²) in [7, 11) is 0. The Morgan fingerprint density at radius 2 is 1.41 bits per heavy atom. The molecule has 0 bridgehead atoms. The van der Waals surface area contributed by atoms with Gasteiger partial charge < -0.3 is 4.84 Å². The molecule has 1 aromatic carbocycles. The van der Waals surface area contributed by atoms with Gasteiger partial charge in [0, 0.05) is 0 Å². The van der Waals surface area contributed by atoms with Gasteiger partial charge >= 0.3 is 5.97 Å². The van der Waals surface area contributed by atoms with Crippen LogP contribution in [0.2, 0.25) is 0 Å². The van der Waals surface area contributed by atoms with Crippen molar-refractivity contribution in [3.63, 3.8) is 0 Å². The van der Waals surface area contributed by atoms with Crippen LogP contribution in [0.25, 0.3) is 0 Å². The summed E-state index contributed by atoms with van der Waals surface area (Å²) in [4.78, 5) is 29.8. The Morgan fingerprint density at radius 3 is 1.96 bits per heavy atom. The van der Waals surface area contributed by atoms with Gasteiger partial charge in [0.05, 0.1) is 11.0 Å². The number of hydrogen-bond donors (Lipinski definition) is 1. The summed E-state index contributed by atoms with van der Waals surface area (Å²) in [6.45, 7) is 6.30. The maximum absolute atomic E-state index is 12.7. The molecular formula is C23H37NO3. The lowest BCUT2D eigenvalue weighted by atomic mass is 9.77. The van der Waals surface area contributed by atoms with E-state index in [0.717, 1.165) is 32.1 Å². The SMILES string of the molecule is CCCCCCCCCCC(CC)(CC)C(=O)NOC(=O)c1ccccc1. The standard InChI is InChI=1S/C23H37NO3/c1-4-7-8-9-10-11-12-16-19-23(5-2,6-3)22(26)24-27-21(25)20-17-14-13-15-18-20/h13-15,17-18H,4-12,16,19H2,1-3H3,(H,24,26). The summed E-state index contributed by atoms with van der Waals surface area (Å²) >= 11 is 0. The highest BCUT2D eigenvalue weighted by Crippen LogP contribution is 2.33. The zero-order valence-electron chi connectivity index (χ0n) is 17.4. The second-order valence-electron chi connectivity index (χ2n) is 7.40. The van der Waals surface area contributed by atoms with Crippen LogP contribution in [0, 0.1) is 5.41 Å². The van der Waals surface area contributed by atoms with E-state index in [1.54, 1.807) is 24.3 Å². The predicted molar refractivity (Wildman–Crippen MR) is 110 cm³/mol. The van der Waals surface area contributed by atoms with Crippen LogP contribution in [0.4, 0.5) is 0 Å². The second-order valence-corrected chi connectivity index (χ2v) is 7.40. The summed E-state index contributed by atoms with van der Waals surface area (Å²) < 4.78 is 0. The first-order chi connectivity index (χ1) is 13.1. The van der Waals surface area contributed by atoms with Crippen molar-refractivity contribution in [2.45, 2.75) is 91.4 Å². The van der Waals surface area contributed by atoms with E-state index >= 15 is 0 Å². The second kappa shape index (κ2) is 13.3. The van der Waals surface area contributed by atoms with Crippen molar-refractivity contribution in [1.29, 1.82) is 0 Å². The summed E-state index contributed by atoms with van der Waals surface area (Å²) in [6, 6.07) is 8.70. The molecule has 1 amide bonds. The average Bonchev–Trinajstić information content (AvgIpc) is 2.71. The first-order valence-electron chi connectivity index (χ1n) is 10.7. The quantitative estimate of drug-likeness (QED) is 0.329. The van der Waals surface area contributed by atoms with Crippen LogP contribution in [0.3, 0.4) is 0 Å². The molecule has 0 saturated carbocycles. The van der Waals surface area contributed by atoms with Gasteiger partial charge in [-0.2, -0.15) is 5.48 Å². The minimum atomic E-state index is -0.530. The van der Waals surface area contributed by atoms with E-state index in [1.807, 2.05) is 19.9 Å². The molecule has 1 aromatic rings. The number of benzene rings is 1. The number of rotatable bonds is 13. The van der Waals surface area contributed by atoms with Crippen molar-refractivity contribution in [2.24, 2.45) is 5.41 Å². The molecule has 0 saturated heterocycles. The molecule has 4 heteroatoms. The van der Waals surface area contributed by atoms with Crippen molar-refractivity contribution >= 4 is 11.9 Å². The van der Waals surface area contributed by atoms with Crippen molar-refractivity contribution in [3.8, 4) is 0 Å². The third kappa shape index (κ3) is 8.15. The molecule has 27 heavy (non-hydrogen) atoms. The lowest BCUT2D eigenvalue weighted by molar-refractivity contribution is -0.141. The van der Waals surface area contributed by atoms with Gasteiger partial charge in [0.25, 0.3) is 5.91 Å². The molecule has 0 radical (unpaired) electrons. The number of carbonyl (C=O) groups is 2. The highest BCUT2D eigenvalue weighted by molar-refractivity contribution is 5.91. The smallest absolute Gasteiger partial charge is 0.335 e. The van der Waals surface area contributed by atoms with Gasteiger partial charge in [0.1, 0.15) is 0 Å². The molecule has 0 aromatic heterocycles. The topological polar surface area (TPSA) is 55.4 Å². The maximum Gasteiger partial charge on any atom is 0.362 e. The van der Waals surface area contributed by atoms with Gasteiger partial charge in [0.2, 0.25) is 0 Å². The van der Waals surface area contributed by atoms with E-state index in [9.17, 15) is 9.59 Å². The van der Waals surface area contributed by atoms with Gasteiger partial charge in [0.15, 0.2) is 0 Å². The van der Waals surface area contributed by atoms with Crippen LogP contribution < -0.4 is 5.48 Å². The Morgan fingerprint density at radius 1 is 0.852 bits per heavy atom. The third-order valence-electron chi connectivity index (χ3n) is 5.59. The molecule has 0 aliphatic rings. The highest BCUT2D eigenvalue weighted by atomic mass is 16.7. The minimum Gasteiger partial charge on any atom is -0.335 e. The lowest BCUT2D eigenvalue weighted by Gasteiger charge is -2.29. The zero-order chi connectivity index (χ0) is 20.0. The van der Waals surface area contributed by atoms with Crippen LogP contribution >= 0.6 is 0 Å². The Balaban J connectivity index is 2.40. The average molecular weight is 376 g/mol. The number of amides is 1. The largest absolute Gasteiger partial charge is 0.362 e. The molecule has 0 aliphatic heterocycles. The zero-order valence-corrected chi connectivity index (χ0v) is 17.4. The van der Waals surface area contributed by atoms with Crippen LogP contribution in [-0.4, -0.2) is 11.9 Å². The van der Waals surface area contributed by atoms with Crippen LogP contribution in [0.1, 0.15) is 102 Å². The molecule has 1 rings (SSSR count). The summed E-state index contributed by atoms with van der Waals surface area (Å²) in [5.74, 6) is -0.711. The number of carbonyl (C=O) groups excluding carboxylic acids is 2. The first-order valence-corrected chi connectivity index (χ1v) is 10.7. The molecule has 0 spiro atoms. The Hall–Kier alpha value is -1.84. The van der Waals surface area contributed by atoms with E-state index in [2.05, 4.69) is 12.4 Å². The summed E-state index contributed by atoms with van der Waals surface area (Å²) in [5.41, 5.74) is 2.38. The summed E-state index contributed by atoms with van der Waals surface area (Å²) in [5, 5.41) is 0. The van der Waals surface area contributed by atoms with Crippen LogP contribution in [0.5, 0.6) is 0 Å². The number of unbranched alkanes of at least 4 members (excludes halogenated alkanes) is 7. The normalized spacial score (nSPS) is 11.2. The van der Waals surface area contributed by atoms with Gasteiger partial charge in [-0.25, -0.2) is 4.79 Å². The van der Waals surface area contributed by atoms with Crippen molar-refractivity contribution < 1.29 is 14.4 Å². The van der Waals surface area contributed by atoms with E-state index in [1.165, 1.54) is 38.5 Å². The fourth-order valence-electron chi connectivity index (χ4n) is 3.47. The van der Waals surface area contributed by atoms with E-state index in [0.29, 0.717) is 5.56 Å². The van der Waals surface area contributed by atoms with Gasteiger partial charge in [-0.1, -0.05) is 90.3 Å². The molecule has 152 valence electrons. The van der Waals surface area contributed by atoms with Crippen molar-refractivity contribution in [2.75, 3.05) is 0 Å². The molecule has 4 nitrogen and oxygen atoms in total. The van der Waals surface area contributed by atoms with Crippen molar-refractivity contribution in [3.05, 3.63) is 35.9 Å². The van der Waals surface area contributed by atoms with Crippen LogP contribution in [-0.2, 0) is 9.63 Å². The predicted octanol–water partition coefficient (Wildman–Crippen LogP) is 6.21. The maximum atomic E-state index is 12.7. The molecule has 0 fully saturated rings. The monoisotopic (exact) mass is 375 g/mol. The molecule has 1 N–H and O–H groups in total. The number of hydroxylamine groups is 1. The van der Waals surface area contributed by atoms with Gasteiger partial charge in [-0.05, 0) is 31.4 Å². The Bertz CT molecular complexity index is 538. The van der Waals surface area contributed by atoms with Crippen molar-refractivity contribution in [1.82, 2.24) is 5.48 Å². The third-order valence-corrected chi connectivity index (χ3v) is 5.59. The Labute approximate surface area is 165 Å². The minimum absolute atomic E-state index is 0.181. The molecular weight excluding hydrogens is 338 g/mol. The van der Waals surface area contributed by atoms with Gasteiger partial charge in [-0.3, -0.25) is 4.79 Å². The molecule has 0 aliphatic carbocycles. The number of nitrogens with one attached hydrogen (secondary N) is 1. The first kappa shape index (κ1) is 23.2. The Kier molecular flexibility index (Phi) is 11.5. The summed E-state index contributed by atoms with van der Waals surface area (Å²) in [6.07, 6.45) is 12.3. The highest BCUT2D eigenvalue weighted by Gasteiger charge is 2.35. The molecule has 0 heterocycles. The number of hydrogen-bond acceptors (Lipinski definition) is 3. The molecule has 0 atom stereocenters. The lowest BCUT2D eigenvalue weighted by Crippen LogP contribution is -2.41. The van der Waals surface area contributed by atoms with E-state index in [-0.39, 0.29) is 5.91 Å². The van der Waals surface area contributed by atoms with E-state index in [4.69, 9.17) is 4.84 Å². The van der Waals surface area contributed by atoms with E-state index < -0.39 is 11.4 Å². The van der Waals surface area contributed by atoms with Gasteiger partial charge in [-0.15, -0.1) is 0 Å². The fourth-order valence-corrected chi connectivity index (χ4v) is 3.47. The fraction of sp³-hybridized carbons (Fsp3) is 0.652.